The molecule has 5 nitrogen and oxygen atoms in total. The molecule has 2 N–H and O–H groups in total. The number of aliphatic hydroxyl groups is 1. The van der Waals surface area contributed by atoms with Crippen molar-refractivity contribution in [2.24, 2.45) is 11.8 Å². The van der Waals surface area contributed by atoms with Crippen molar-refractivity contribution in [3.63, 3.8) is 0 Å². The van der Waals surface area contributed by atoms with Crippen LogP contribution in [-0.2, 0) is 6.54 Å². The molecular weight excluding hydrogens is 254 g/mol. The molecule has 0 aliphatic rings. The van der Waals surface area contributed by atoms with Gasteiger partial charge in [0.15, 0.2) is 0 Å². The van der Waals surface area contributed by atoms with Crippen LogP contribution in [0.15, 0.2) is 11.0 Å². The summed E-state index contributed by atoms with van der Waals surface area (Å²) in [6.07, 6.45) is 1.52. The summed E-state index contributed by atoms with van der Waals surface area (Å²) in [5, 5.41) is 16.0. The van der Waals surface area contributed by atoms with E-state index in [2.05, 4.69) is 31.2 Å². The Kier molecular flexibility index (Phi) is 5.62. The van der Waals surface area contributed by atoms with Crippen molar-refractivity contribution in [3.8, 4) is 0 Å². The SMILES string of the molecule is CC(C)C(C)CNc1cnn(CCO)c(=O)c1Cl. The quantitative estimate of drug-likeness (QED) is 0.826. The second-order valence-electron chi connectivity index (χ2n) is 4.73. The fourth-order valence-corrected chi connectivity index (χ4v) is 1.56. The van der Waals surface area contributed by atoms with E-state index in [9.17, 15) is 4.79 Å². The number of nitrogens with zero attached hydrogens (tertiary/aromatic N) is 2. The lowest BCUT2D eigenvalue weighted by Crippen LogP contribution is -2.26. The number of rotatable bonds is 6. The Bertz CT molecular complexity index is 445. The lowest BCUT2D eigenvalue weighted by molar-refractivity contribution is 0.266. The Balaban J connectivity index is 2.79. The van der Waals surface area contributed by atoms with Crippen LogP contribution in [0.25, 0.3) is 0 Å². The lowest BCUT2D eigenvalue weighted by atomic mass is 9.98. The molecule has 18 heavy (non-hydrogen) atoms. The molecule has 6 heteroatoms. The van der Waals surface area contributed by atoms with Gasteiger partial charge >= 0.3 is 0 Å². The number of nitrogens with one attached hydrogen (secondary N) is 1. The maximum atomic E-state index is 11.8. The third-order valence-electron chi connectivity index (χ3n) is 3.05. The molecule has 0 aromatic carbocycles. The molecule has 0 radical (unpaired) electrons. The molecule has 0 spiro atoms. The second-order valence-corrected chi connectivity index (χ2v) is 5.10. The van der Waals surface area contributed by atoms with Crippen molar-refractivity contribution < 1.29 is 5.11 Å². The number of aromatic nitrogens is 2. The minimum Gasteiger partial charge on any atom is -0.394 e. The minimum atomic E-state index is -0.382. The molecule has 0 bridgehead atoms. The Labute approximate surface area is 112 Å². The highest BCUT2D eigenvalue weighted by Crippen LogP contribution is 2.17. The number of aliphatic hydroxyl groups excluding tert-OH is 1. The lowest BCUT2D eigenvalue weighted by Gasteiger charge is -2.17. The van der Waals surface area contributed by atoms with Gasteiger partial charge in [-0.1, -0.05) is 32.4 Å². The smallest absolute Gasteiger partial charge is 0.287 e. The Hall–Kier alpha value is -1.07. The Morgan fingerprint density at radius 1 is 1.50 bits per heavy atom. The molecule has 1 unspecified atom stereocenters. The molecule has 1 rings (SSSR count). The fraction of sp³-hybridized carbons (Fsp3) is 0.667. The van der Waals surface area contributed by atoms with E-state index in [0.717, 1.165) is 11.2 Å². The van der Waals surface area contributed by atoms with Crippen LogP contribution >= 0.6 is 11.6 Å². The molecule has 0 saturated carbocycles. The predicted molar refractivity (Wildman–Crippen MR) is 73.1 cm³/mol. The number of halogens is 1. The van der Waals surface area contributed by atoms with Gasteiger partial charge in [-0.05, 0) is 11.8 Å². The van der Waals surface area contributed by atoms with Crippen LogP contribution in [0.2, 0.25) is 5.02 Å². The molecule has 0 aliphatic carbocycles. The normalized spacial score (nSPS) is 12.8. The van der Waals surface area contributed by atoms with E-state index >= 15 is 0 Å². The van der Waals surface area contributed by atoms with Crippen LogP contribution in [0.1, 0.15) is 20.8 Å². The highest BCUT2D eigenvalue weighted by atomic mass is 35.5. The van der Waals surface area contributed by atoms with Crippen molar-refractivity contribution in [3.05, 3.63) is 21.6 Å². The van der Waals surface area contributed by atoms with Gasteiger partial charge < -0.3 is 10.4 Å². The summed E-state index contributed by atoms with van der Waals surface area (Å²) in [6.45, 7) is 7.17. The van der Waals surface area contributed by atoms with Gasteiger partial charge in [0.2, 0.25) is 0 Å². The molecule has 1 atom stereocenters. The summed E-state index contributed by atoms with van der Waals surface area (Å²) in [4.78, 5) is 11.8. The summed E-state index contributed by atoms with van der Waals surface area (Å²) in [6, 6.07) is 0. The van der Waals surface area contributed by atoms with Gasteiger partial charge in [-0.15, -0.1) is 0 Å². The van der Waals surface area contributed by atoms with Crippen LogP contribution in [0.4, 0.5) is 5.69 Å². The van der Waals surface area contributed by atoms with Gasteiger partial charge in [0.25, 0.3) is 5.56 Å². The number of anilines is 1. The standard InChI is InChI=1S/C12H20ClN3O2/c1-8(2)9(3)6-14-10-7-15-16(4-5-17)12(18)11(10)13/h7-9,14,17H,4-6H2,1-3H3. The molecule has 0 saturated heterocycles. The van der Waals surface area contributed by atoms with Crippen molar-refractivity contribution in [2.75, 3.05) is 18.5 Å². The maximum Gasteiger partial charge on any atom is 0.287 e. The van der Waals surface area contributed by atoms with Crippen molar-refractivity contribution in [2.45, 2.75) is 27.3 Å². The van der Waals surface area contributed by atoms with E-state index in [-0.39, 0.29) is 23.7 Å². The Morgan fingerprint density at radius 3 is 2.72 bits per heavy atom. The molecule has 1 heterocycles. The second kappa shape index (κ2) is 6.75. The van der Waals surface area contributed by atoms with Gasteiger partial charge in [-0.3, -0.25) is 4.79 Å². The third-order valence-corrected chi connectivity index (χ3v) is 3.41. The molecule has 1 aromatic heterocycles. The van der Waals surface area contributed by atoms with Gasteiger partial charge in [0, 0.05) is 6.54 Å². The fourth-order valence-electron chi connectivity index (χ4n) is 1.35. The van der Waals surface area contributed by atoms with Crippen LogP contribution in [0.5, 0.6) is 0 Å². The van der Waals surface area contributed by atoms with Gasteiger partial charge in [-0.25, -0.2) is 4.68 Å². The summed E-state index contributed by atoms with van der Waals surface area (Å²) in [7, 11) is 0. The first-order valence-electron chi connectivity index (χ1n) is 6.07. The first kappa shape index (κ1) is 15.0. The maximum absolute atomic E-state index is 11.8. The molecule has 1 aromatic rings. The van der Waals surface area contributed by atoms with Crippen molar-refractivity contribution in [1.82, 2.24) is 9.78 Å². The van der Waals surface area contributed by atoms with E-state index in [1.807, 2.05) is 0 Å². The van der Waals surface area contributed by atoms with E-state index < -0.39 is 0 Å². The van der Waals surface area contributed by atoms with E-state index in [4.69, 9.17) is 16.7 Å². The first-order chi connectivity index (χ1) is 8.47. The molecule has 0 fully saturated rings. The summed E-state index contributed by atoms with van der Waals surface area (Å²) < 4.78 is 1.15. The largest absolute Gasteiger partial charge is 0.394 e. The minimum absolute atomic E-state index is 0.120. The molecular formula is C12H20ClN3O2. The summed E-state index contributed by atoms with van der Waals surface area (Å²) >= 11 is 5.98. The van der Waals surface area contributed by atoms with Gasteiger partial charge in [0.05, 0.1) is 25.0 Å². The highest BCUT2D eigenvalue weighted by Gasteiger charge is 2.11. The topological polar surface area (TPSA) is 67.2 Å². The highest BCUT2D eigenvalue weighted by molar-refractivity contribution is 6.32. The van der Waals surface area contributed by atoms with Gasteiger partial charge in [0.1, 0.15) is 5.02 Å². The number of hydrogen-bond donors (Lipinski definition) is 2. The van der Waals surface area contributed by atoms with Crippen LogP contribution in [0, 0.1) is 11.8 Å². The zero-order valence-electron chi connectivity index (χ0n) is 11.0. The predicted octanol–water partition coefficient (Wildman–Crippen LogP) is 1.59. The van der Waals surface area contributed by atoms with Crippen LogP contribution in [-0.4, -0.2) is 28.0 Å². The van der Waals surface area contributed by atoms with Crippen molar-refractivity contribution in [1.29, 1.82) is 0 Å². The monoisotopic (exact) mass is 273 g/mol. The summed E-state index contributed by atoms with van der Waals surface area (Å²) in [5.74, 6) is 1.03. The number of hydrogen-bond acceptors (Lipinski definition) is 4. The van der Waals surface area contributed by atoms with Gasteiger partial charge in [-0.2, -0.15) is 5.10 Å². The van der Waals surface area contributed by atoms with Crippen LogP contribution in [0.3, 0.4) is 0 Å². The molecule has 0 amide bonds. The molecule has 0 aliphatic heterocycles. The zero-order chi connectivity index (χ0) is 13.7. The zero-order valence-corrected chi connectivity index (χ0v) is 11.7. The van der Waals surface area contributed by atoms with E-state index in [1.165, 1.54) is 6.20 Å². The van der Waals surface area contributed by atoms with Crippen molar-refractivity contribution >= 4 is 17.3 Å². The van der Waals surface area contributed by atoms with E-state index in [0.29, 0.717) is 17.5 Å². The summed E-state index contributed by atoms with van der Waals surface area (Å²) in [5.41, 5.74) is 0.163. The first-order valence-corrected chi connectivity index (χ1v) is 6.45. The Morgan fingerprint density at radius 2 is 2.17 bits per heavy atom. The average Bonchev–Trinajstić information content (AvgIpc) is 2.33. The van der Waals surface area contributed by atoms with Crippen LogP contribution < -0.4 is 10.9 Å². The third kappa shape index (κ3) is 3.71. The average molecular weight is 274 g/mol. The molecule has 102 valence electrons. The van der Waals surface area contributed by atoms with E-state index in [1.54, 1.807) is 0 Å².